The lowest BCUT2D eigenvalue weighted by Gasteiger charge is -2.30. The molecule has 1 saturated carbocycles. The number of hydrogen-bond acceptors (Lipinski definition) is 6. The standard InChI is InChI=1S/C13H20BrN3O4/c14-10-4-15-17(5-9-2-1-3-9)12(21)11(10)16-13(6-18,7-19)8-20/h4,9,16,18-20H,1-3,5-8H2. The molecule has 4 N–H and O–H groups in total. The first kappa shape index (κ1) is 16.4. The van der Waals surface area contributed by atoms with Crippen LogP contribution < -0.4 is 10.9 Å². The van der Waals surface area contributed by atoms with Gasteiger partial charge in [0, 0.05) is 6.54 Å². The van der Waals surface area contributed by atoms with Gasteiger partial charge in [-0.15, -0.1) is 0 Å². The molecular formula is C13H20BrN3O4. The molecule has 0 radical (unpaired) electrons. The second kappa shape index (κ2) is 6.87. The van der Waals surface area contributed by atoms with Crippen molar-refractivity contribution in [1.82, 2.24) is 9.78 Å². The number of hydrogen-bond donors (Lipinski definition) is 4. The molecule has 1 heterocycles. The molecule has 0 amide bonds. The number of halogens is 1. The first-order chi connectivity index (χ1) is 10.0. The van der Waals surface area contributed by atoms with Crippen molar-refractivity contribution >= 4 is 21.6 Å². The highest BCUT2D eigenvalue weighted by Crippen LogP contribution is 2.27. The van der Waals surface area contributed by atoms with E-state index < -0.39 is 25.4 Å². The van der Waals surface area contributed by atoms with E-state index in [1.165, 1.54) is 17.3 Å². The lowest BCUT2D eigenvalue weighted by molar-refractivity contribution is 0.0831. The molecule has 1 aliphatic rings. The summed E-state index contributed by atoms with van der Waals surface area (Å²) in [5.74, 6) is 0.475. The SMILES string of the molecule is O=c1c(NC(CO)(CO)CO)c(Br)cnn1CC1CCC1. The van der Waals surface area contributed by atoms with Crippen molar-refractivity contribution in [3.05, 3.63) is 21.0 Å². The highest BCUT2D eigenvalue weighted by molar-refractivity contribution is 9.10. The van der Waals surface area contributed by atoms with Gasteiger partial charge in [0.25, 0.3) is 5.56 Å². The number of nitrogens with zero attached hydrogens (tertiary/aromatic N) is 2. The molecule has 0 bridgehead atoms. The molecule has 0 unspecified atom stereocenters. The Morgan fingerprint density at radius 1 is 1.33 bits per heavy atom. The third-order valence-electron chi connectivity index (χ3n) is 3.95. The van der Waals surface area contributed by atoms with E-state index in [1.807, 2.05) is 0 Å². The van der Waals surface area contributed by atoms with E-state index in [9.17, 15) is 20.1 Å². The molecule has 1 fully saturated rings. The highest BCUT2D eigenvalue weighted by Gasteiger charge is 2.30. The summed E-state index contributed by atoms with van der Waals surface area (Å²) in [4.78, 5) is 12.5. The predicted octanol–water partition coefficient (Wildman–Crippen LogP) is -0.0665. The van der Waals surface area contributed by atoms with Crippen molar-refractivity contribution in [1.29, 1.82) is 0 Å². The van der Waals surface area contributed by atoms with E-state index in [4.69, 9.17) is 0 Å². The van der Waals surface area contributed by atoms with Crippen LogP contribution in [0.25, 0.3) is 0 Å². The Hall–Kier alpha value is -0.960. The van der Waals surface area contributed by atoms with Crippen molar-refractivity contribution in [2.24, 2.45) is 5.92 Å². The van der Waals surface area contributed by atoms with Gasteiger partial charge in [-0.2, -0.15) is 5.10 Å². The first-order valence-electron chi connectivity index (χ1n) is 6.91. The molecule has 7 nitrogen and oxygen atoms in total. The minimum atomic E-state index is -1.35. The molecule has 21 heavy (non-hydrogen) atoms. The van der Waals surface area contributed by atoms with Crippen LogP contribution in [0.5, 0.6) is 0 Å². The van der Waals surface area contributed by atoms with Gasteiger partial charge in [-0.3, -0.25) is 4.79 Å². The molecule has 2 rings (SSSR count). The molecule has 0 atom stereocenters. The molecule has 0 spiro atoms. The van der Waals surface area contributed by atoms with E-state index in [-0.39, 0.29) is 11.2 Å². The second-order valence-electron chi connectivity index (χ2n) is 5.53. The average Bonchev–Trinajstić information content (AvgIpc) is 2.46. The Morgan fingerprint density at radius 3 is 2.43 bits per heavy atom. The number of anilines is 1. The fraction of sp³-hybridized carbons (Fsp3) is 0.692. The first-order valence-corrected chi connectivity index (χ1v) is 7.71. The maximum absolute atomic E-state index is 12.5. The third kappa shape index (κ3) is 3.45. The molecule has 0 aromatic carbocycles. The minimum absolute atomic E-state index is 0.182. The van der Waals surface area contributed by atoms with Crippen molar-refractivity contribution in [2.75, 3.05) is 25.1 Å². The lowest BCUT2D eigenvalue weighted by Crippen LogP contribution is -2.50. The summed E-state index contributed by atoms with van der Waals surface area (Å²) in [6.07, 6.45) is 4.88. The van der Waals surface area contributed by atoms with Gasteiger partial charge >= 0.3 is 0 Å². The predicted molar refractivity (Wildman–Crippen MR) is 81.1 cm³/mol. The maximum Gasteiger partial charge on any atom is 0.291 e. The monoisotopic (exact) mass is 361 g/mol. The van der Waals surface area contributed by atoms with E-state index in [0.717, 1.165) is 12.8 Å². The van der Waals surface area contributed by atoms with Crippen molar-refractivity contribution in [3.8, 4) is 0 Å². The van der Waals surface area contributed by atoms with Gasteiger partial charge in [-0.05, 0) is 34.7 Å². The number of aromatic nitrogens is 2. The van der Waals surface area contributed by atoms with Crippen molar-refractivity contribution in [3.63, 3.8) is 0 Å². The van der Waals surface area contributed by atoms with Crippen LogP contribution in [0, 0.1) is 5.92 Å². The number of nitrogens with one attached hydrogen (secondary N) is 1. The second-order valence-corrected chi connectivity index (χ2v) is 6.39. The van der Waals surface area contributed by atoms with E-state index in [1.54, 1.807) is 0 Å². The van der Waals surface area contributed by atoms with Crippen LogP contribution in [0.3, 0.4) is 0 Å². The van der Waals surface area contributed by atoms with E-state index in [0.29, 0.717) is 16.9 Å². The lowest BCUT2D eigenvalue weighted by atomic mass is 9.85. The number of aliphatic hydroxyl groups is 3. The average molecular weight is 362 g/mol. The van der Waals surface area contributed by atoms with Gasteiger partial charge in [-0.1, -0.05) is 6.42 Å². The van der Waals surface area contributed by atoms with Gasteiger partial charge < -0.3 is 20.6 Å². The zero-order valence-corrected chi connectivity index (χ0v) is 13.2. The van der Waals surface area contributed by atoms with E-state index in [2.05, 4.69) is 26.3 Å². The number of aliphatic hydroxyl groups excluding tert-OH is 3. The topological polar surface area (TPSA) is 108 Å². The Labute approximate surface area is 130 Å². The maximum atomic E-state index is 12.5. The van der Waals surface area contributed by atoms with Crippen LogP contribution in [0.4, 0.5) is 5.69 Å². The molecule has 118 valence electrons. The highest BCUT2D eigenvalue weighted by atomic mass is 79.9. The van der Waals surface area contributed by atoms with Crippen LogP contribution in [0.15, 0.2) is 15.5 Å². The molecule has 1 aliphatic carbocycles. The summed E-state index contributed by atoms with van der Waals surface area (Å²) in [6, 6.07) is 0. The largest absolute Gasteiger partial charge is 0.394 e. The van der Waals surface area contributed by atoms with Crippen LogP contribution in [-0.2, 0) is 6.54 Å². The normalized spacial score (nSPS) is 15.8. The quantitative estimate of drug-likeness (QED) is 0.541. The molecule has 1 aromatic rings. The summed E-state index contributed by atoms with van der Waals surface area (Å²) >= 11 is 3.24. The van der Waals surface area contributed by atoms with Gasteiger partial charge in [0.2, 0.25) is 0 Å². The Morgan fingerprint density at radius 2 is 1.95 bits per heavy atom. The van der Waals surface area contributed by atoms with Crippen LogP contribution in [-0.4, -0.2) is 50.5 Å². The smallest absolute Gasteiger partial charge is 0.291 e. The third-order valence-corrected chi connectivity index (χ3v) is 4.55. The Kier molecular flexibility index (Phi) is 5.37. The van der Waals surface area contributed by atoms with Gasteiger partial charge in [0.1, 0.15) is 11.2 Å². The summed E-state index contributed by atoms with van der Waals surface area (Å²) in [7, 11) is 0. The zero-order chi connectivity index (χ0) is 15.5. The summed E-state index contributed by atoms with van der Waals surface area (Å²) in [5.41, 5.74) is -1.50. The Balaban J connectivity index is 2.29. The molecule has 0 aliphatic heterocycles. The van der Waals surface area contributed by atoms with Gasteiger partial charge in [0.05, 0.1) is 30.5 Å². The summed E-state index contributed by atoms with van der Waals surface area (Å²) < 4.78 is 1.81. The molecular weight excluding hydrogens is 342 g/mol. The van der Waals surface area contributed by atoms with Crippen LogP contribution >= 0.6 is 15.9 Å². The van der Waals surface area contributed by atoms with Crippen LogP contribution in [0.1, 0.15) is 19.3 Å². The fourth-order valence-corrected chi connectivity index (χ4v) is 2.53. The number of rotatable bonds is 7. The van der Waals surface area contributed by atoms with Gasteiger partial charge in [0.15, 0.2) is 0 Å². The molecule has 0 saturated heterocycles. The van der Waals surface area contributed by atoms with Crippen LogP contribution in [0.2, 0.25) is 0 Å². The zero-order valence-electron chi connectivity index (χ0n) is 11.6. The van der Waals surface area contributed by atoms with Crippen molar-refractivity contribution in [2.45, 2.75) is 31.3 Å². The fourth-order valence-electron chi connectivity index (χ4n) is 2.17. The minimum Gasteiger partial charge on any atom is -0.394 e. The summed E-state index contributed by atoms with van der Waals surface area (Å²) in [5, 5.41) is 34.9. The summed E-state index contributed by atoms with van der Waals surface area (Å²) in [6.45, 7) is -0.949. The van der Waals surface area contributed by atoms with Crippen molar-refractivity contribution < 1.29 is 15.3 Å². The molecule has 8 heteroatoms. The van der Waals surface area contributed by atoms with E-state index >= 15 is 0 Å². The molecule has 1 aromatic heterocycles. The Bertz CT molecular complexity index is 532. The van der Waals surface area contributed by atoms with Gasteiger partial charge in [-0.25, -0.2) is 4.68 Å².